The van der Waals surface area contributed by atoms with Crippen molar-refractivity contribution in [1.29, 1.82) is 0 Å². The molecular weight excluding hydrogens is 248 g/mol. The van der Waals surface area contributed by atoms with Crippen LogP contribution in [0.25, 0.3) is 0 Å². The highest BCUT2D eigenvalue weighted by Crippen LogP contribution is 2.15. The van der Waals surface area contributed by atoms with Crippen LogP contribution < -0.4 is 5.32 Å². The third kappa shape index (κ3) is 3.41. The second kappa shape index (κ2) is 6.91. The van der Waals surface area contributed by atoms with Crippen molar-refractivity contribution in [1.82, 2.24) is 10.2 Å². The minimum absolute atomic E-state index is 1.000. The number of hydrogen-bond donors (Lipinski definition) is 1. The van der Waals surface area contributed by atoms with E-state index >= 15 is 0 Å². The lowest BCUT2D eigenvalue weighted by atomic mass is 10.0. The number of fused-ring (bicyclic) bond motifs is 1. The predicted octanol–water partition coefficient (Wildman–Crippen LogP) is 1.97. The molecule has 110 valence electrons. The second-order valence-electron chi connectivity index (χ2n) is 5.96. The van der Waals surface area contributed by atoms with Crippen molar-refractivity contribution < 1.29 is 4.58 Å². The van der Waals surface area contributed by atoms with Crippen molar-refractivity contribution in [3.8, 4) is 0 Å². The molecule has 4 heteroatoms. The molecule has 1 N–H and O–H groups in total. The van der Waals surface area contributed by atoms with Gasteiger partial charge in [-0.2, -0.15) is 0 Å². The third-order valence-corrected chi connectivity index (χ3v) is 4.49. The Labute approximate surface area is 122 Å². The summed E-state index contributed by atoms with van der Waals surface area (Å²) in [4.78, 5) is 6.49. The van der Waals surface area contributed by atoms with Crippen molar-refractivity contribution >= 4 is 11.7 Å². The molecule has 20 heavy (non-hydrogen) atoms. The normalized spacial score (nSPS) is 24.8. The first-order chi connectivity index (χ1) is 9.93. The smallest absolute Gasteiger partial charge is 0.245 e. The van der Waals surface area contributed by atoms with E-state index in [9.17, 15) is 0 Å². The highest BCUT2D eigenvalue weighted by molar-refractivity contribution is 5.88. The zero-order valence-electron chi connectivity index (χ0n) is 12.5. The van der Waals surface area contributed by atoms with Crippen LogP contribution in [-0.2, 0) is 0 Å². The number of amidine groups is 2. The van der Waals surface area contributed by atoms with Gasteiger partial charge in [-0.3, -0.25) is 14.9 Å². The molecule has 0 aromatic carbocycles. The summed E-state index contributed by atoms with van der Waals surface area (Å²) >= 11 is 0. The van der Waals surface area contributed by atoms with Gasteiger partial charge in [0.1, 0.15) is 18.9 Å². The Morgan fingerprint density at radius 2 is 1.95 bits per heavy atom. The number of aliphatic imine (C=N–C) groups is 1. The summed E-state index contributed by atoms with van der Waals surface area (Å²) in [6.07, 6.45) is 14.0. The van der Waals surface area contributed by atoms with E-state index in [2.05, 4.69) is 32.1 Å². The summed E-state index contributed by atoms with van der Waals surface area (Å²) in [5, 5.41) is 3.36. The van der Waals surface area contributed by atoms with Crippen molar-refractivity contribution in [2.75, 3.05) is 32.7 Å². The Kier molecular flexibility index (Phi) is 4.72. The van der Waals surface area contributed by atoms with Gasteiger partial charge in [-0.1, -0.05) is 31.8 Å². The molecule has 4 heterocycles. The molecule has 0 unspecified atom stereocenters. The fourth-order valence-corrected chi connectivity index (χ4v) is 2.90. The second-order valence-corrected chi connectivity index (χ2v) is 5.96. The van der Waals surface area contributed by atoms with Crippen LogP contribution in [0.4, 0.5) is 0 Å². The van der Waals surface area contributed by atoms with Gasteiger partial charge >= 0.3 is 0 Å². The van der Waals surface area contributed by atoms with E-state index < -0.39 is 0 Å². The molecule has 1 aliphatic carbocycles. The molecule has 0 aromatic heterocycles. The first kappa shape index (κ1) is 13.7. The molecule has 0 saturated heterocycles. The van der Waals surface area contributed by atoms with Gasteiger partial charge in [0.15, 0.2) is 0 Å². The summed E-state index contributed by atoms with van der Waals surface area (Å²) in [5.41, 5.74) is 0. The topological polar surface area (TPSA) is 30.6 Å². The summed E-state index contributed by atoms with van der Waals surface area (Å²) < 4.78 is 2.44. The van der Waals surface area contributed by atoms with Crippen molar-refractivity contribution in [3.63, 3.8) is 0 Å². The summed E-state index contributed by atoms with van der Waals surface area (Å²) in [7, 11) is 0. The van der Waals surface area contributed by atoms with Crippen LogP contribution in [-0.4, -0.2) is 53.9 Å². The van der Waals surface area contributed by atoms with Crippen molar-refractivity contribution in [3.05, 3.63) is 12.3 Å². The first-order valence-electron chi connectivity index (χ1n) is 8.25. The summed E-state index contributed by atoms with van der Waals surface area (Å²) in [5.74, 6) is 2.75. The standard InChI is InChI=1S/C6H10N2.C6H8N2.C4H8/c2*1-2-6-7-3-5-8(6)4-1;1-2-4-3-1/h1-5H2;1,4H,2-3,5H2;1-4H2/p+1. The average Bonchev–Trinajstić information content (AvgIpc) is 3.08. The first-order valence-corrected chi connectivity index (χ1v) is 8.25. The highest BCUT2D eigenvalue weighted by atomic mass is 15.2. The Morgan fingerprint density at radius 3 is 2.65 bits per heavy atom. The minimum atomic E-state index is 1.000. The molecule has 5 aliphatic rings. The predicted molar refractivity (Wildman–Crippen MR) is 83.5 cm³/mol. The van der Waals surface area contributed by atoms with E-state index in [1.165, 1.54) is 69.8 Å². The molecule has 4 nitrogen and oxygen atoms in total. The van der Waals surface area contributed by atoms with E-state index in [1.807, 2.05) is 0 Å². The SMILES string of the molecule is C1=CN2CCN=C2C1.C1CC2=[N+](C1)CCN2.C1CCC1. The summed E-state index contributed by atoms with van der Waals surface area (Å²) in [6, 6.07) is 0. The molecular formula is C16H27N4+. The van der Waals surface area contributed by atoms with E-state index in [0.29, 0.717) is 0 Å². The van der Waals surface area contributed by atoms with Gasteiger partial charge in [0.25, 0.3) is 0 Å². The zero-order chi connectivity index (χ0) is 13.6. The lowest BCUT2D eigenvalue weighted by Crippen LogP contribution is -2.17. The van der Waals surface area contributed by atoms with Crippen LogP contribution in [0.5, 0.6) is 0 Å². The maximum Gasteiger partial charge on any atom is 0.245 e. The average molecular weight is 275 g/mol. The molecule has 0 bridgehead atoms. The van der Waals surface area contributed by atoms with Gasteiger partial charge in [-0.05, 0) is 6.42 Å². The summed E-state index contributed by atoms with van der Waals surface area (Å²) in [6.45, 7) is 5.82. The maximum atomic E-state index is 4.28. The van der Waals surface area contributed by atoms with Crippen LogP contribution in [0.15, 0.2) is 17.3 Å². The lowest BCUT2D eigenvalue weighted by Gasteiger charge is -2.05. The number of nitrogens with one attached hydrogen (secondary N) is 1. The van der Waals surface area contributed by atoms with Gasteiger partial charge in [0, 0.05) is 19.2 Å². The molecule has 5 rings (SSSR count). The molecule has 0 aromatic rings. The maximum absolute atomic E-state index is 4.28. The molecule has 1 fully saturated rings. The Morgan fingerprint density at radius 1 is 1.10 bits per heavy atom. The van der Waals surface area contributed by atoms with E-state index in [4.69, 9.17) is 0 Å². The van der Waals surface area contributed by atoms with Crippen LogP contribution >= 0.6 is 0 Å². The van der Waals surface area contributed by atoms with Crippen molar-refractivity contribution in [2.45, 2.75) is 44.9 Å². The Hall–Kier alpha value is -1.32. The van der Waals surface area contributed by atoms with Crippen LogP contribution in [0.3, 0.4) is 0 Å². The number of rotatable bonds is 0. The largest absolute Gasteiger partial charge is 0.335 e. The van der Waals surface area contributed by atoms with Gasteiger partial charge in [0.05, 0.1) is 19.5 Å². The molecule has 0 atom stereocenters. The lowest BCUT2D eigenvalue weighted by molar-refractivity contribution is -0.509. The quantitative estimate of drug-likeness (QED) is 0.685. The third-order valence-electron chi connectivity index (χ3n) is 4.49. The van der Waals surface area contributed by atoms with Crippen molar-refractivity contribution in [2.24, 2.45) is 4.99 Å². The number of hydrogen-bond acceptors (Lipinski definition) is 3. The van der Waals surface area contributed by atoms with Gasteiger partial charge in [-0.25, -0.2) is 0 Å². The molecule has 4 aliphatic heterocycles. The van der Waals surface area contributed by atoms with E-state index in [-0.39, 0.29) is 0 Å². The highest BCUT2D eigenvalue weighted by Gasteiger charge is 2.24. The fraction of sp³-hybridized carbons (Fsp3) is 0.750. The Bertz CT molecular complexity index is 386. The monoisotopic (exact) mass is 275 g/mol. The number of nitrogens with zero attached hydrogens (tertiary/aromatic N) is 3. The van der Waals surface area contributed by atoms with Gasteiger partial charge in [-0.15, -0.1) is 0 Å². The van der Waals surface area contributed by atoms with Gasteiger partial charge < -0.3 is 4.90 Å². The van der Waals surface area contributed by atoms with E-state index in [0.717, 1.165) is 19.5 Å². The molecule has 0 radical (unpaired) electrons. The molecule has 1 saturated carbocycles. The van der Waals surface area contributed by atoms with E-state index in [1.54, 1.807) is 0 Å². The van der Waals surface area contributed by atoms with Crippen LogP contribution in [0.1, 0.15) is 44.9 Å². The van der Waals surface area contributed by atoms with Crippen LogP contribution in [0, 0.1) is 0 Å². The zero-order valence-corrected chi connectivity index (χ0v) is 12.5. The van der Waals surface area contributed by atoms with Crippen LogP contribution in [0.2, 0.25) is 0 Å². The molecule has 0 amide bonds. The molecule has 0 spiro atoms. The minimum Gasteiger partial charge on any atom is -0.335 e. The van der Waals surface area contributed by atoms with Gasteiger partial charge in [0.2, 0.25) is 5.84 Å². The fourth-order valence-electron chi connectivity index (χ4n) is 2.90. The Balaban J connectivity index is 0.0000000962.